The van der Waals surface area contributed by atoms with Gasteiger partial charge in [0.15, 0.2) is 0 Å². The van der Waals surface area contributed by atoms with Crippen LogP contribution in [-0.4, -0.2) is 29.6 Å². The molecule has 1 aromatic carbocycles. The van der Waals surface area contributed by atoms with Crippen molar-refractivity contribution < 1.29 is 9.63 Å². The van der Waals surface area contributed by atoms with Crippen molar-refractivity contribution >= 4 is 5.91 Å². The van der Waals surface area contributed by atoms with Gasteiger partial charge in [-0.25, -0.2) is 5.01 Å². The predicted molar refractivity (Wildman–Crippen MR) is 85.4 cm³/mol. The first-order valence-electron chi connectivity index (χ1n) is 8.24. The van der Waals surface area contributed by atoms with E-state index < -0.39 is 0 Å². The number of carbonyl (C=O) groups excluding carboxylic acids is 1. The second-order valence-corrected chi connectivity index (χ2v) is 6.53. The van der Waals surface area contributed by atoms with Crippen molar-refractivity contribution in [2.24, 2.45) is 5.92 Å². The van der Waals surface area contributed by atoms with Gasteiger partial charge in [0, 0.05) is 19.2 Å². The molecule has 122 valence electrons. The molecule has 0 aromatic heterocycles. The van der Waals surface area contributed by atoms with Gasteiger partial charge < -0.3 is 10.7 Å². The molecular weight excluding hydrogens is 292 g/mol. The van der Waals surface area contributed by atoms with Gasteiger partial charge in [-0.15, -0.1) is 0 Å². The van der Waals surface area contributed by atoms with Crippen LogP contribution < -0.4 is 16.2 Å². The molecule has 1 aromatic rings. The highest BCUT2D eigenvalue weighted by Crippen LogP contribution is 2.37. The highest BCUT2D eigenvalue weighted by Gasteiger charge is 2.40. The molecule has 2 aliphatic heterocycles. The van der Waals surface area contributed by atoms with Gasteiger partial charge in [0.25, 0.3) is 0 Å². The molecule has 3 aliphatic rings. The van der Waals surface area contributed by atoms with E-state index in [1.54, 1.807) is 0 Å². The standard InChI is InChI=1S/C17H22N4O2/c22-17(15-8-16(23-20-15)13-6-7-13)19-14-9-18-21(11-14)10-12-4-2-1-3-5-12/h1-5,9,13,15-16,18,20H,6-8,10-11H2,(H,19,22). The van der Waals surface area contributed by atoms with Gasteiger partial charge in [-0.3, -0.25) is 9.63 Å². The van der Waals surface area contributed by atoms with Crippen molar-refractivity contribution in [2.45, 2.75) is 38.0 Å². The summed E-state index contributed by atoms with van der Waals surface area (Å²) in [5.74, 6) is 0.636. The molecule has 1 saturated heterocycles. The summed E-state index contributed by atoms with van der Waals surface area (Å²) in [6, 6.07) is 10.0. The Kier molecular flexibility index (Phi) is 4.03. The van der Waals surface area contributed by atoms with Crippen LogP contribution in [0.2, 0.25) is 0 Å². The topological polar surface area (TPSA) is 65.6 Å². The van der Waals surface area contributed by atoms with Gasteiger partial charge in [0.05, 0.1) is 18.3 Å². The number of carbonyl (C=O) groups is 1. The first kappa shape index (κ1) is 14.7. The second kappa shape index (κ2) is 6.31. The average Bonchev–Trinajstić information content (AvgIpc) is 3.13. The fraction of sp³-hybridized carbons (Fsp3) is 0.471. The summed E-state index contributed by atoms with van der Waals surface area (Å²) in [7, 11) is 0. The molecule has 6 nitrogen and oxygen atoms in total. The summed E-state index contributed by atoms with van der Waals surface area (Å²) >= 11 is 0. The molecule has 0 radical (unpaired) electrons. The quantitative estimate of drug-likeness (QED) is 0.758. The number of hydroxylamine groups is 1. The van der Waals surface area contributed by atoms with Crippen molar-refractivity contribution in [1.82, 2.24) is 21.2 Å². The van der Waals surface area contributed by atoms with E-state index in [-0.39, 0.29) is 18.1 Å². The summed E-state index contributed by atoms with van der Waals surface area (Å²) in [5, 5.41) is 5.06. The lowest BCUT2D eigenvalue weighted by atomic mass is 10.1. The lowest BCUT2D eigenvalue weighted by molar-refractivity contribution is -0.123. The fourth-order valence-corrected chi connectivity index (χ4v) is 3.11. The van der Waals surface area contributed by atoms with Gasteiger partial charge in [0.1, 0.15) is 6.04 Å². The van der Waals surface area contributed by atoms with Crippen LogP contribution in [0.3, 0.4) is 0 Å². The van der Waals surface area contributed by atoms with E-state index in [1.807, 2.05) is 24.4 Å². The van der Waals surface area contributed by atoms with E-state index in [4.69, 9.17) is 4.84 Å². The molecule has 3 N–H and O–H groups in total. The molecular formula is C17H22N4O2. The second-order valence-electron chi connectivity index (χ2n) is 6.53. The molecule has 1 amide bonds. The van der Waals surface area contributed by atoms with E-state index in [9.17, 15) is 4.79 Å². The van der Waals surface area contributed by atoms with Crippen LogP contribution in [0.1, 0.15) is 24.8 Å². The van der Waals surface area contributed by atoms with Crippen LogP contribution >= 0.6 is 0 Å². The Morgan fingerprint density at radius 1 is 1.30 bits per heavy atom. The molecule has 23 heavy (non-hydrogen) atoms. The van der Waals surface area contributed by atoms with Crippen LogP contribution in [0.25, 0.3) is 0 Å². The minimum absolute atomic E-state index is 0.0113. The summed E-state index contributed by atoms with van der Waals surface area (Å²) in [6.07, 6.45) is 5.28. The number of amides is 1. The van der Waals surface area contributed by atoms with Gasteiger partial charge in [0.2, 0.25) is 5.91 Å². The Morgan fingerprint density at radius 2 is 2.13 bits per heavy atom. The fourth-order valence-electron chi connectivity index (χ4n) is 3.11. The zero-order valence-corrected chi connectivity index (χ0v) is 13.0. The zero-order valence-electron chi connectivity index (χ0n) is 13.0. The number of hydrazine groups is 1. The van der Waals surface area contributed by atoms with Gasteiger partial charge in [-0.2, -0.15) is 5.48 Å². The van der Waals surface area contributed by atoms with Crippen LogP contribution in [-0.2, 0) is 16.2 Å². The molecule has 0 spiro atoms. The summed E-state index contributed by atoms with van der Waals surface area (Å²) in [5.41, 5.74) is 8.20. The lowest BCUT2D eigenvalue weighted by Gasteiger charge is -2.16. The SMILES string of the molecule is O=C(NC1=CNN(Cc2ccccc2)C1)C1CC(C2CC2)ON1. The number of hydrogen-bond acceptors (Lipinski definition) is 5. The summed E-state index contributed by atoms with van der Waals surface area (Å²) < 4.78 is 0. The van der Waals surface area contributed by atoms with Crippen molar-refractivity contribution in [3.05, 3.63) is 47.8 Å². The molecule has 2 fully saturated rings. The molecule has 2 unspecified atom stereocenters. The third-order valence-corrected chi connectivity index (χ3v) is 4.58. The highest BCUT2D eigenvalue weighted by molar-refractivity contribution is 5.83. The minimum atomic E-state index is -0.246. The van der Waals surface area contributed by atoms with Crippen molar-refractivity contribution in [3.8, 4) is 0 Å². The Labute approximate surface area is 135 Å². The van der Waals surface area contributed by atoms with E-state index >= 15 is 0 Å². The van der Waals surface area contributed by atoms with Crippen LogP contribution in [0.4, 0.5) is 0 Å². The molecule has 6 heteroatoms. The smallest absolute Gasteiger partial charge is 0.243 e. The number of hydrogen-bond donors (Lipinski definition) is 3. The largest absolute Gasteiger partial charge is 0.326 e. The van der Waals surface area contributed by atoms with E-state index in [0.717, 1.165) is 18.7 Å². The van der Waals surface area contributed by atoms with Crippen molar-refractivity contribution in [1.29, 1.82) is 0 Å². The predicted octanol–water partition coefficient (Wildman–Crippen LogP) is 1.04. The van der Waals surface area contributed by atoms with E-state index in [1.165, 1.54) is 18.4 Å². The number of rotatable bonds is 5. The molecule has 2 heterocycles. The normalized spacial score (nSPS) is 27.6. The Bertz CT molecular complexity index is 600. The minimum Gasteiger partial charge on any atom is -0.326 e. The molecule has 1 saturated carbocycles. The Hall–Kier alpha value is -1.89. The maximum Gasteiger partial charge on any atom is 0.243 e. The maximum absolute atomic E-state index is 12.3. The van der Waals surface area contributed by atoms with Crippen molar-refractivity contribution in [3.63, 3.8) is 0 Å². The van der Waals surface area contributed by atoms with E-state index in [2.05, 4.69) is 33.4 Å². The first-order valence-corrected chi connectivity index (χ1v) is 8.24. The number of benzene rings is 1. The van der Waals surface area contributed by atoms with Gasteiger partial charge >= 0.3 is 0 Å². The summed E-state index contributed by atoms with van der Waals surface area (Å²) in [6.45, 7) is 1.48. The van der Waals surface area contributed by atoms with Crippen LogP contribution in [0.5, 0.6) is 0 Å². The Morgan fingerprint density at radius 3 is 2.91 bits per heavy atom. The number of nitrogens with zero attached hydrogens (tertiary/aromatic N) is 1. The van der Waals surface area contributed by atoms with Crippen LogP contribution in [0.15, 0.2) is 42.2 Å². The summed E-state index contributed by atoms with van der Waals surface area (Å²) in [4.78, 5) is 17.8. The lowest BCUT2D eigenvalue weighted by Crippen LogP contribution is -2.40. The monoisotopic (exact) mass is 314 g/mol. The third kappa shape index (κ3) is 3.55. The van der Waals surface area contributed by atoms with Crippen LogP contribution in [0, 0.1) is 5.92 Å². The third-order valence-electron chi connectivity index (χ3n) is 4.58. The first-order chi connectivity index (χ1) is 11.3. The molecule has 0 bridgehead atoms. The average molecular weight is 314 g/mol. The van der Waals surface area contributed by atoms with Gasteiger partial charge in [-0.05, 0) is 24.3 Å². The van der Waals surface area contributed by atoms with Crippen molar-refractivity contribution in [2.75, 3.05) is 6.54 Å². The highest BCUT2D eigenvalue weighted by atomic mass is 16.7. The number of nitrogens with one attached hydrogen (secondary N) is 3. The van der Waals surface area contributed by atoms with E-state index in [0.29, 0.717) is 12.5 Å². The molecule has 2 atom stereocenters. The zero-order chi connectivity index (χ0) is 15.6. The van der Waals surface area contributed by atoms with Gasteiger partial charge in [-0.1, -0.05) is 30.3 Å². The Balaban J connectivity index is 1.24. The molecule has 4 rings (SSSR count). The molecule has 1 aliphatic carbocycles. The maximum atomic E-state index is 12.3.